The molecule has 2 aromatic carbocycles. The van der Waals surface area contributed by atoms with Gasteiger partial charge in [-0.1, -0.05) is 30.3 Å². The maximum absolute atomic E-state index is 12.7. The van der Waals surface area contributed by atoms with Crippen molar-refractivity contribution in [1.29, 1.82) is 0 Å². The third-order valence-corrected chi connectivity index (χ3v) is 3.53. The van der Waals surface area contributed by atoms with Gasteiger partial charge in [0, 0.05) is 24.8 Å². The first kappa shape index (κ1) is 14.3. The first-order valence-electron chi connectivity index (χ1n) is 6.68. The van der Waals surface area contributed by atoms with Crippen molar-refractivity contribution in [3.8, 4) is 0 Å². The second-order valence-corrected chi connectivity index (χ2v) is 5.01. The van der Waals surface area contributed by atoms with Crippen LogP contribution in [0.25, 0.3) is 0 Å². The van der Waals surface area contributed by atoms with Crippen LogP contribution in [0.3, 0.4) is 0 Å². The molecule has 0 unspecified atom stereocenters. The lowest BCUT2D eigenvalue weighted by molar-refractivity contribution is 0.0992. The Kier molecular flexibility index (Phi) is 4.20. The largest absolute Gasteiger partial charge is 0.326 e. The third kappa shape index (κ3) is 2.73. The zero-order valence-corrected chi connectivity index (χ0v) is 12.2. The van der Waals surface area contributed by atoms with Crippen LogP contribution < -0.4 is 10.6 Å². The van der Waals surface area contributed by atoms with E-state index in [4.69, 9.17) is 5.73 Å². The maximum Gasteiger partial charge on any atom is 0.258 e. The third-order valence-electron chi connectivity index (χ3n) is 3.53. The SMILES string of the molecule is Cc1cccc(C)c1C(=O)N(C)c1cccc(CN)c1. The van der Waals surface area contributed by atoms with Crippen molar-refractivity contribution >= 4 is 11.6 Å². The predicted octanol–water partition coefficient (Wildman–Crippen LogP) is 3.04. The normalized spacial score (nSPS) is 10.4. The number of carbonyl (C=O) groups excluding carboxylic acids is 1. The van der Waals surface area contributed by atoms with E-state index in [1.807, 2.05) is 56.3 Å². The monoisotopic (exact) mass is 268 g/mol. The topological polar surface area (TPSA) is 46.3 Å². The molecule has 0 aliphatic heterocycles. The Hall–Kier alpha value is -2.13. The minimum absolute atomic E-state index is 0.00905. The molecule has 0 atom stereocenters. The Morgan fingerprint density at radius 3 is 2.30 bits per heavy atom. The van der Waals surface area contributed by atoms with Crippen molar-refractivity contribution in [2.24, 2.45) is 5.73 Å². The van der Waals surface area contributed by atoms with Crippen LogP contribution in [0.5, 0.6) is 0 Å². The molecule has 0 spiro atoms. The van der Waals surface area contributed by atoms with Crippen LogP contribution in [0.4, 0.5) is 5.69 Å². The van der Waals surface area contributed by atoms with E-state index in [0.29, 0.717) is 6.54 Å². The molecule has 2 aromatic rings. The summed E-state index contributed by atoms with van der Waals surface area (Å²) in [7, 11) is 1.80. The van der Waals surface area contributed by atoms with Crippen LogP contribution >= 0.6 is 0 Å². The summed E-state index contributed by atoms with van der Waals surface area (Å²) >= 11 is 0. The molecule has 0 heterocycles. The second kappa shape index (κ2) is 5.88. The van der Waals surface area contributed by atoms with Gasteiger partial charge in [-0.3, -0.25) is 4.79 Å². The molecule has 3 heteroatoms. The lowest BCUT2D eigenvalue weighted by Gasteiger charge is -2.20. The van der Waals surface area contributed by atoms with Crippen LogP contribution in [0, 0.1) is 13.8 Å². The maximum atomic E-state index is 12.7. The number of carbonyl (C=O) groups is 1. The standard InChI is InChI=1S/C17H20N2O/c1-12-6-4-7-13(2)16(12)17(20)19(3)15-9-5-8-14(10-15)11-18/h4-10H,11,18H2,1-3H3. The summed E-state index contributed by atoms with van der Waals surface area (Å²) in [6.07, 6.45) is 0. The Balaban J connectivity index is 2.37. The van der Waals surface area contributed by atoms with Crippen LogP contribution in [0.2, 0.25) is 0 Å². The van der Waals surface area contributed by atoms with Gasteiger partial charge in [0.2, 0.25) is 0 Å². The Morgan fingerprint density at radius 1 is 1.10 bits per heavy atom. The summed E-state index contributed by atoms with van der Waals surface area (Å²) in [4.78, 5) is 14.4. The van der Waals surface area contributed by atoms with E-state index >= 15 is 0 Å². The molecule has 0 saturated carbocycles. The zero-order chi connectivity index (χ0) is 14.7. The number of nitrogens with two attached hydrogens (primary N) is 1. The summed E-state index contributed by atoms with van der Waals surface area (Å²) in [5.74, 6) is 0.00905. The average molecular weight is 268 g/mol. The predicted molar refractivity (Wildman–Crippen MR) is 83.0 cm³/mol. The molecule has 0 fully saturated rings. The molecule has 2 N–H and O–H groups in total. The summed E-state index contributed by atoms with van der Waals surface area (Å²) in [6, 6.07) is 13.6. The first-order valence-corrected chi connectivity index (χ1v) is 6.68. The average Bonchev–Trinajstić information content (AvgIpc) is 2.46. The van der Waals surface area contributed by atoms with E-state index < -0.39 is 0 Å². The van der Waals surface area contributed by atoms with Crippen LogP contribution in [0.15, 0.2) is 42.5 Å². The van der Waals surface area contributed by atoms with Gasteiger partial charge in [0.15, 0.2) is 0 Å². The Morgan fingerprint density at radius 2 is 1.70 bits per heavy atom. The highest BCUT2D eigenvalue weighted by Gasteiger charge is 2.17. The van der Waals surface area contributed by atoms with Gasteiger partial charge >= 0.3 is 0 Å². The van der Waals surface area contributed by atoms with Crippen molar-refractivity contribution in [2.75, 3.05) is 11.9 Å². The molecule has 0 bridgehead atoms. The van der Waals surface area contributed by atoms with Crippen LogP contribution in [-0.4, -0.2) is 13.0 Å². The van der Waals surface area contributed by atoms with Gasteiger partial charge in [0.05, 0.1) is 0 Å². The van der Waals surface area contributed by atoms with Gasteiger partial charge in [-0.25, -0.2) is 0 Å². The number of amides is 1. The smallest absolute Gasteiger partial charge is 0.258 e. The summed E-state index contributed by atoms with van der Waals surface area (Å²) in [5.41, 5.74) is 10.3. The van der Waals surface area contributed by atoms with Gasteiger partial charge in [0.1, 0.15) is 0 Å². The number of aryl methyl sites for hydroxylation is 2. The van der Waals surface area contributed by atoms with Crippen molar-refractivity contribution in [3.05, 3.63) is 64.7 Å². The quantitative estimate of drug-likeness (QED) is 0.930. The van der Waals surface area contributed by atoms with Gasteiger partial charge < -0.3 is 10.6 Å². The number of hydrogen-bond donors (Lipinski definition) is 1. The Labute approximate surface area is 120 Å². The van der Waals surface area contributed by atoms with Crippen molar-refractivity contribution in [3.63, 3.8) is 0 Å². The van der Waals surface area contributed by atoms with Gasteiger partial charge in [0.25, 0.3) is 5.91 Å². The van der Waals surface area contributed by atoms with E-state index in [9.17, 15) is 4.79 Å². The van der Waals surface area contributed by atoms with E-state index in [0.717, 1.165) is 27.9 Å². The van der Waals surface area contributed by atoms with Gasteiger partial charge in [-0.2, -0.15) is 0 Å². The minimum Gasteiger partial charge on any atom is -0.326 e. The van der Waals surface area contributed by atoms with E-state index in [2.05, 4.69) is 0 Å². The molecule has 0 aliphatic rings. The second-order valence-electron chi connectivity index (χ2n) is 5.01. The lowest BCUT2D eigenvalue weighted by Crippen LogP contribution is -2.27. The molecule has 0 aromatic heterocycles. The molecule has 3 nitrogen and oxygen atoms in total. The van der Waals surface area contributed by atoms with E-state index in [1.54, 1.807) is 11.9 Å². The van der Waals surface area contributed by atoms with Crippen molar-refractivity contribution in [1.82, 2.24) is 0 Å². The Bertz CT molecular complexity index is 614. The highest BCUT2D eigenvalue weighted by molar-refractivity contribution is 6.07. The fraction of sp³-hybridized carbons (Fsp3) is 0.235. The molecule has 1 amide bonds. The lowest BCUT2D eigenvalue weighted by atomic mass is 10.0. The zero-order valence-electron chi connectivity index (χ0n) is 12.2. The minimum atomic E-state index is 0.00905. The summed E-state index contributed by atoms with van der Waals surface area (Å²) in [6.45, 7) is 4.40. The van der Waals surface area contributed by atoms with Gasteiger partial charge in [-0.15, -0.1) is 0 Å². The number of benzene rings is 2. The molecular weight excluding hydrogens is 248 g/mol. The molecule has 0 radical (unpaired) electrons. The van der Waals surface area contributed by atoms with Crippen molar-refractivity contribution < 1.29 is 4.79 Å². The van der Waals surface area contributed by atoms with Crippen LogP contribution in [-0.2, 0) is 6.54 Å². The fourth-order valence-electron chi connectivity index (χ4n) is 2.33. The number of hydrogen-bond acceptors (Lipinski definition) is 2. The number of nitrogens with zero attached hydrogens (tertiary/aromatic N) is 1. The summed E-state index contributed by atoms with van der Waals surface area (Å²) in [5, 5.41) is 0. The van der Waals surface area contributed by atoms with E-state index in [-0.39, 0.29) is 5.91 Å². The molecule has 104 valence electrons. The molecule has 2 rings (SSSR count). The highest BCUT2D eigenvalue weighted by Crippen LogP contribution is 2.21. The summed E-state index contributed by atoms with van der Waals surface area (Å²) < 4.78 is 0. The van der Waals surface area contributed by atoms with E-state index in [1.165, 1.54) is 0 Å². The van der Waals surface area contributed by atoms with Crippen molar-refractivity contribution in [2.45, 2.75) is 20.4 Å². The molecule has 0 saturated heterocycles. The van der Waals surface area contributed by atoms with Crippen LogP contribution in [0.1, 0.15) is 27.0 Å². The number of anilines is 1. The highest BCUT2D eigenvalue weighted by atomic mass is 16.2. The fourth-order valence-corrected chi connectivity index (χ4v) is 2.33. The van der Waals surface area contributed by atoms with Gasteiger partial charge in [-0.05, 0) is 42.7 Å². The molecular formula is C17H20N2O. The number of rotatable bonds is 3. The first-order chi connectivity index (χ1) is 9.54. The molecule has 0 aliphatic carbocycles. The molecule has 20 heavy (non-hydrogen) atoms.